The van der Waals surface area contributed by atoms with Gasteiger partial charge in [0, 0.05) is 25.7 Å². The number of ether oxygens (including phenoxy) is 1. The molecule has 0 spiro atoms. The van der Waals surface area contributed by atoms with Crippen molar-refractivity contribution < 1.29 is 4.74 Å². The summed E-state index contributed by atoms with van der Waals surface area (Å²) in [6, 6.07) is 0.644. The third-order valence-corrected chi connectivity index (χ3v) is 2.48. The first-order chi connectivity index (χ1) is 6.76. The number of rotatable bonds is 9. The highest BCUT2D eigenvalue weighted by Gasteiger charge is 2.11. The minimum atomic E-state index is 0.644. The first-order valence-electron chi connectivity index (χ1n) is 5.68. The van der Waals surface area contributed by atoms with E-state index < -0.39 is 0 Å². The standard InChI is InChI=1S/C11H26N2O/c1-5-7-11(10-12-3)13(4)8-9-14-6-2/h11-12H,5-10H2,1-4H3. The highest BCUT2D eigenvalue weighted by Crippen LogP contribution is 2.03. The van der Waals surface area contributed by atoms with E-state index in [2.05, 4.69) is 24.2 Å². The van der Waals surface area contributed by atoms with Crippen LogP contribution in [0.2, 0.25) is 0 Å². The van der Waals surface area contributed by atoms with Gasteiger partial charge < -0.3 is 10.1 Å². The molecule has 14 heavy (non-hydrogen) atoms. The monoisotopic (exact) mass is 202 g/mol. The lowest BCUT2D eigenvalue weighted by Gasteiger charge is -2.27. The molecular formula is C11H26N2O. The topological polar surface area (TPSA) is 24.5 Å². The lowest BCUT2D eigenvalue weighted by Crippen LogP contribution is -2.40. The van der Waals surface area contributed by atoms with Crippen LogP contribution < -0.4 is 5.32 Å². The summed E-state index contributed by atoms with van der Waals surface area (Å²) in [6.45, 7) is 8.03. The predicted octanol–water partition coefficient (Wildman–Crippen LogP) is 1.34. The van der Waals surface area contributed by atoms with Crippen LogP contribution in [0.4, 0.5) is 0 Å². The highest BCUT2D eigenvalue weighted by molar-refractivity contribution is 4.69. The molecule has 0 fully saturated rings. The lowest BCUT2D eigenvalue weighted by molar-refractivity contribution is 0.105. The van der Waals surface area contributed by atoms with Crippen molar-refractivity contribution in [3.63, 3.8) is 0 Å². The van der Waals surface area contributed by atoms with Crippen LogP contribution in [0.5, 0.6) is 0 Å². The molecule has 0 bridgehead atoms. The Labute approximate surface area is 88.8 Å². The summed E-state index contributed by atoms with van der Waals surface area (Å²) in [5.41, 5.74) is 0. The first-order valence-corrected chi connectivity index (χ1v) is 5.68. The van der Waals surface area contributed by atoms with Gasteiger partial charge >= 0.3 is 0 Å². The predicted molar refractivity (Wildman–Crippen MR) is 61.7 cm³/mol. The Kier molecular flexibility index (Phi) is 9.35. The van der Waals surface area contributed by atoms with Crippen LogP contribution in [0.1, 0.15) is 26.7 Å². The molecule has 0 rings (SSSR count). The summed E-state index contributed by atoms with van der Waals surface area (Å²) in [5, 5.41) is 3.24. The van der Waals surface area contributed by atoms with Gasteiger partial charge in [0.1, 0.15) is 0 Å². The Morgan fingerprint density at radius 1 is 1.36 bits per heavy atom. The third-order valence-electron chi connectivity index (χ3n) is 2.48. The summed E-state index contributed by atoms with van der Waals surface area (Å²) in [4.78, 5) is 2.38. The molecule has 0 aliphatic heterocycles. The molecule has 0 aliphatic rings. The second-order valence-corrected chi connectivity index (χ2v) is 3.68. The van der Waals surface area contributed by atoms with Crippen LogP contribution in [-0.2, 0) is 4.74 Å². The zero-order valence-corrected chi connectivity index (χ0v) is 10.2. The molecule has 1 N–H and O–H groups in total. The molecule has 0 aromatic carbocycles. The summed E-state index contributed by atoms with van der Waals surface area (Å²) < 4.78 is 5.35. The van der Waals surface area contributed by atoms with Crippen molar-refractivity contribution in [1.29, 1.82) is 0 Å². The van der Waals surface area contributed by atoms with Crippen LogP contribution in [-0.4, -0.2) is 51.3 Å². The van der Waals surface area contributed by atoms with Gasteiger partial charge in [-0.2, -0.15) is 0 Å². The highest BCUT2D eigenvalue weighted by atomic mass is 16.5. The van der Waals surface area contributed by atoms with Gasteiger partial charge in [-0.25, -0.2) is 0 Å². The van der Waals surface area contributed by atoms with E-state index in [0.29, 0.717) is 6.04 Å². The smallest absolute Gasteiger partial charge is 0.0593 e. The van der Waals surface area contributed by atoms with Gasteiger partial charge in [0.05, 0.1) is 6.61 Å². The Bertz CT molecular complexity index is 114. The molecule has 0 aromatic heterocycles. The Morgan fingerprint density at radius 2 is 2.07 bits per heavy atom. The van der Waals surface area contributed by atoms with Gasteiger partial charge in [-0.05, 0) is 27.4 Å². The third kappa shape index (κ3) is 6.35. The van der Waals surface area contributed by atoms with Gasteiger partial charge in [0.2, 0.25) is 0 Å². The quantitative estimate of drug-likeness (QED) is 0.571. The molecule has 1 atom stereocenters. The maximum atomic E-state index is 5.35. The fraction of sp³-hybridized carbons (Fsp3) is 1.00. The van der Waals surface area contributed by atoms with Crippen molar-refractivity contribution in [1.82, 2.24) is 10.2 Å². The maximum Gasteiger partial charge on any atom is 0.0593 e. The molecule has 1 unspecified atom stereocenters. The average molecular weight is 202 g/mol. The Hall–Kier alpha value is -0.120. The lowest BCUT2D eigenvalue weighted by atomic mass is 10.1. The van der Waals surface area contributed by atoms with E-state index in [0.717, 1.165) is 26.3 Å². The van der Waals surface area contributed by atoms with E-state index in [1.165, 1.54) is 12.8 Å². The minimum Gasteiger partial charge on any atom is -0.380 e. The van der Waals surface area contributed by atoms with Gasteiger partial charge in [0.15, 0.2) is 0 Å². The Morgan fingerprint density at radius 3 is 2.57 bits per heavy atom. The van der Waals surface area contributed by atoms with Crippen molar-refractivity contribution in [2.45, 2.75) is 32.7 Å². The molecule has 0 saturated heterocycles. The van der Waals surface area contributed by atoms with Crippen molar-refractivity contribution >= 4 is 0 Å². The Balaban J connectivity index is 3.69. The van der Waals surface area contributed by atoms with E-state index in [1.807, 2.05) is 14.0 Å². The number of nitrogens with zero attached hydrogens (tertiary/aromatic N) is 1. The number of hydrogen-bond acceptors (Lipinski definition) is 3. The summed E-state index contributed by atoms with van der Waals surface area (Å²) in [5.74, 6) is 0. The molecule has 0 aliphatic carbocycles. The molecule has 0 heterocycles. The van der Waals surface area contributed by atoms with Gasteiger partial charge in [-0.3, -0.25) is 4.90 Å². The van der Waals surface area contributed by atoms with Crippen LogP contribution in [0, 0.1) is 0 Å². The van der Waals surface area contributed by atoms with Crippen molar-refractivity contribution in [2.75, 3.05) is 40.4 Å². The second kappa shape index (κ2) is 9.44. The van der Waals surface area contributed by atoms with E-state index in [9.17, 15) is 0 Å². The molecule has 0 radical (unpaired) electrons. The van der Waals surface area contributed by atoms with Crippen molar-refractivity contribution in [3.05, 3.63) is 0 Å². The van der Waals surface area contributed by atoms with Crippen LogP contribution >= 0.6 is 0 Å². The molecule has 86 valence electrons. The van der Waals surface area contributed by atoms with E-state index in [4.69, 9.17) is 4.74 Å². The van der Waals surface area contributed by atoms with Gasteiger partial charge in [0.25, 0.3) is 0 Å². The molecular weight excluding hydrogens is 176 g/mol. The average Bonchev–Trinajstić information content (AvgIpc) is 2.18. The minimum absolute atomic E-state index is 0.644. The zero-order valence-electron chi connectivity index (χ0n) is 10.2. The molecule has 3 heteroatoms. The molecule has 0 saturated carbocycles. The van der Waals surface area contributed by atoms with Gasteiger partial charge in [-0.1, -0.05) is 13.3 Å². The SMILES string of the molecule is CCCC(CNC)N(C)CCOCC. The molecule has 0 amide bonds. The second-order valence-electron chi connectivity index (χ2n) is 3.68. The van der Waals surface area contributed by atoms with Crippen LogP contribution in [0.15, 0.2) is 0 Å². The number of hydrogen-bond donors (Lipinski definition) is 1. The molecule has 3 nitrogen and oxygen atoms in total. The van der Waals surface area contributed by atoms with E-state index in [-0.39, 0.29) is 0 Å². The largest absolute Gasteiger partial charge is 0.380 e. The zero-order chi connectivity index (χ0) is 10.8. The van der Waals surface area contributed by atoms with Crippen LogP contribution in [0.25, 0.3) is 0 Å². The maximum absolute atomic E-state index is 5.35. The summed E-state index contributed by atoms with van der Waals surface area (Å²) >= 11 is 0. The normalized spacial score (nSPS) is 13.5. The summed E-state index contributed by atoms with van der Waals surface area (Å²) in [6.07, 6.45) is 2.49. The van der Waals surface area contributed by atoms with E-state index >= 15 is 0 Å². The fourth-order valence-corrected chi connectivity index (χ4v) is 1.58. The number of nitrogens with one attached hydrogen (secondary N) is 1. The first kappa shape index (κ1) is 13.9. The van der Waals surface area contributed by atoms with Crippen molar-refractivity contribution in [3.8, 4) is 0 Å². The van der Waals surface area contributed by atoms with Crippen LogP contribution in [0.3, 0.4) is 0 Å². The summed E-state index contributed by atoms with van der Waals surface area (Å²) in [7, 11) is 4.19. The van der Waals surface area contributed by atoms with E-state index in [1.54, 1.807) is 0 Å². The fourth-order valence-electron chi connectivity index (χ4n) is 1.58. The van der Waals surface area contributed by atoms with Gasteiger partial charge in [-0.15, -0.1) is 0 Å². The molecule has 0 aromatic rings. The van der Waals surface area contributed by atoms with Crippen molar-refractivity contribution in [2.24, 2.45) is 0 Å². The number of likely N-dealkylation sites (N-methyl/N-ethyl adjacent to an activating group) is 2.